The third-order valence-electron chi connectivity index (χ3n) is 2.74. The van der Waals surface area contributed by atoms with E-state index in [1.165, 1.54) is 0 Å². The summed E-state index contributed by atoms with van der Waals surface area (Å²) in [5.41, 5.74) is 6.56. The molecule has 0 aromatic carbocycles. The molecule has 4 heteroatoms. The van der Waals surface area contributed by atoms with Gasteiger partial charge in [0.15, 0.2) is 0 Å². The first-order valence-electron chi connectivity index (χ1n) is 5.79. The van der Waals surface area contributed by atoms with Crippen LogP contribution in [0.1, 0.15) is 37.6 Å². The molecule has 1 aromatic rings. The zero-order valence-corrected chi connectivity index (χ0v) is 10.3. The number of hydrogen-bond acceptors (Lipinski definition) is 4. The first-order valence-corrected chi connectivity index (χ1v) is 5.79. The highest BCUT2D eigenvalue weighted by atomic mass is 16.5. The van der Waals surface area contributed by atoms with Gasteiger partial charge < -0.3 is 10.5 Å². The van der Waals surface area contributed by atoms with Gasteiger partial charge in [-0.05, 0) is 18.9 Å². The smallest absolute Gasteiger partial charge is 0.125 e. The molecule has 2 atom stereocenters. The van der Waals surface area contributed by atoms with E-state index < -0.39 is 0 Å². The van der Waals surface area contributed by atoms with E-state index >= 15 is 0 Å². The second-order valence-electron chi connectivity index (χ2n) is 3.96. The van der Waals surface area contributed by atoms with E-state index in [4.69, 9.17) is 10.5 Å². The maximum Gasteiger partial charge on any atom is 0.125 e. The third-order valence-corrected chi connectivity index (χ3v) is 2.74. The minimum atomic E-state index is 0.190. The SMILES string of the molecule is CCC(OCCN)C(C)c1cnc(C)nc1. The normalized spacial score (nSPS) is 14.8. The molecule has 2 N–H and O–H groups in total. The average Bonchev–Trinajstić information content (AvgIpc) is 2.30. The summed E-state index contributed by atoms with van der Waals surface area (Å²) < 4.78 is 5.71. The fourth-order valence-corrected chi connectivity index (χ4v) is 1.69. The molecule has 0 saturated carbocycles. The largest absolute Gasteiger partial charge is 0.376 e. The monoisotopic (exact) mass is 223 g/mol. The van der Waals surface area contributed by atoms with Crippen LogP contribution in [0.3, 0.4) is 0 Å². The van der Waals surface area contributed by atoms with Crippen LogP contribution in [0.4, 0.5) is 0 Å². The molecule has 0 amide bonds. The van der Waals surface area contributed by atoms with Gasteiger partial charge >= 0.3 is 0 Å². The second kappa shape index (κ2) is 6.55. The van der Waals surface area contributed by atoms with E-state index in [9.17, 15) is 0 Å². The van der Waals surface area contributed by atoms with Gasteiger partial charge in [0.05, 0.1) is 12.7 Å². The Bertz CT molecular complexity index is 300. The molecule has 1 heterocycles. The quantitative estimate of drug-likeness (QED) is 0.796. The zero-order chi connectivity index (χ0) is 12.0. The van der Waals surface area contributed by atoms with Crippen LogP contribution < -0.4 is 5.73 Å². The van der Waals surface area contributed by atoms with Gasteiger partial charge in [-0.2, -0.15) is 0 Å². The Kier molecular flexibility index (Phi) is 5.35. The molecule has 4 nitrogen and oxygen atoms in total. The highest BCUT2D eigenvalue weighted by Crippen LogP contribution is 2.22. The lowest BCUT2D eigenvalue weighted by Crippen LogP contribution is -2.23. The standard InChI is InChI=1S/C12H21N3O/c1-4-12(16-6-5-13)9(2)11-7-14-10(3)15-8-11/h7-9,12H,4-6,13H2,1-3H3. The van der Waals surface area contributed by atoms with Crippen molar-refractivity contribution in [2.45, 2.75) is 39.2 Å². The van der Waals surface area contributed by atoms with Crippen LogP contribution in [0.25, 0.3) is 0 Å². The van der Waals surface area contributed by atoms with Crippen molar-refractivity contribution < 1.29 is 4.74 Å². The minimum absolute atomic E-state index is 0.190. The Labute approximate surface area is 97.2 Å². The van der Waals surface area contributed by atoms with E-state index in [2.05, 4.69) is 23.8 Å². The van der Waals surface area contributed by atoms with Gasteiger partial charge in [0, 0.05) is 24.9 Å². The van der Waals surface area contributed by atoms with E-state index in [0.717, 1.165) is 17.8 Å². The van der Waals surface area contributed by atoms with Crippen molar-refractivity contribution >= 4 is 0 Å². The van der Waals surface area contributed by atoms with Gasteiger partial charge in [0.2, 0.25) is 0 Å². The van der Waals surface area contributed by atoms with E-state index in [-0.39, 0.29) is 6.10 Å². The predicted octanol–water partition coefficient (Wildman–Crippen LogP) is 1.64. The topological polar surface area (TPSA) is 61.0 Å². The van der Waals surface area contributed by atoms with Crippen LogP contribution >= 0.6 is 0 Å². The highest BCUT2D eigenvalue weighted by molar-refractivity contribution is 5.12. The van der Waals surface area contributed by atoms with Crippen LogP contribution in [-0.4, -0.2) is 29.2 Å². The lowest BCUT2D eigenvalue weighted by atomic mass is 9.96. The zero-order valence-electron chi connectivity index (χ0n) is 10.3. The lowest BCUT2D eigenvalue weighted by molar-refractivity contribution is 0.0402. The van der Waals surface area contributed by atoms with E-state index in [1.54, 1.807) is 0 Å². The van der Waals surface area contributed by atoms with Crippen LogP contribution in [0.15, 0.2) is 12.4 Å². The average molecular weight is 223 g/mol. The molecule has 0 saturated heterocycles. The summed E-state index contributed by atoms with van der Waals surface area (Å²) >= 11 is 0. The van der Waals surface area contributed by atoms with Crippen molar-refractivity contribution in [3.63, 3.8) is 0 Å². The van der Waals surface area contributed by atoms with Crippen LogP contribution in [0, 0.1) is 6.92 Å². The number of hydrogen-bond donors (Lipinski definition) is 1. The van der Waals surface area contributed by atoms with Gasteiger partial charge in [-0.3, -0.25) is 0 Å². The van der Waals surface area contributed by atoms with Crippen molar-refractivity contribution in [3.8, 4) is 0 Å². The van der Waals surface area contributed by atoms with Crippen molar-refractivity contribution in [3.05, 3.63) is 23.8 Å². The number of nitrogens with zero attached hydrogens (tertiary/aromatic N) is 2. The Balaban J connectivity index is 2.66. The Hall–Kier alpha value is -1.00. The Morgan fingerprint density at radius 2 is 2.00 bits per heavy atom. The molecule has 0 bridgehead atoms. The van der Waals surface area contributed by atoms with Gasteiger partial charge in [-0.25, -0.2) is 9.97 Å². The summed E-state index contributed by atoms with van der Waals surface area (Å²) in [6.45, 7) is 7.31. The molecule has 0 radical (unpaired) electrons. The Morgan fingerprint density at radius 3 is 2.50 bits per heavy atom. The molecule has 1 aromatic heterocycles. The molecule has 2 unspecified atom stereocenters. The fourth-order valence-electron chi connectivity index (χ4n) is 1.69. The van der Waals surface area contributed by atoms with Gasteiger partial charge in [-0.1, -0.05) is 13.8 Å². The number of rotatable bonds is 6. The van der Waals surface area contributed by atoms with Crippen molar-refractivity contribution in [1.29, 1.82) is 0 Å². The Morgan fingerprint density at radius 1 is 1.38 bits per heavy atom. The van der Waals surface area contributed by atoms with Crippen LogP contribution in [0.2, 0.25) is 0 Å². The van der Waals surface area contributed by atoms with Crippen molar-refractivity contribution in [1.82, 2.24) is 9.97 Å². The van der Waals surface area contributed by atoms with Crippen molar-refractivity contribution in [2.75, 3.05) is 13.2 Å². The predicted molar refractivity (Wildman–Crippen MR) is 64.3 cm³/mol. The maximum atomic E-state index is 5.71. The molecule has 0 aliphatic heterocycles. The highest BCUT2D eigenvalue weighted by Gasteiger charge is 2.18. The summed E-state index contributed by atoms with van der Waals surface area (Å²) in [4.78, 5) is 8.41. The van der Waals surface area contributed by atoms with Gasteiger partial charge in [0.25, 0.3) is 0 Å². The molecule has 0 aliphatic rings. The maximum absolute atomic E-state index is 5.71. The number of ether oxygens (including phenoxy) is 1. The van der Waals surface area contributed by atoms with E-state index in [1.807, 2.05) is 19.3 Å². The minimum Gasteiger partial charge on any atom is -0.376 e. The first kappa shape index (κ1) is 13.1. The van der Waals surface area contributed by atoms with Gasteiger partial charge in [-0.15, -0.1) is 0 Å². The molecule has 90 valence electrons. The molecule has 16 heavy (non-hydrogen) atoms. The summed E-state index contributed by atoms with van der Waals surface area (Å²) in [6.07, 6.45) is 4.91. The van der Waals surface area contributed by atoms with Crippen LogP contribution in [0.5, 0.6) is 0 Å². The second-order valence-corrected chi connectivity index (χ2v) is 3.96. The number of aromatic nitrogens is 2. The molecular weight excluding hydrogens is 202 g/mol. The molecule has 0 spiro atoms. The summed E-state index contributed by atoms with van der Waals surface area (Å²) in [5.74, 6) is 1.10. The number of nitrogens with two attached hydrogens (primary N) is 1. The number of aryl methyl sites for hydroxylation is 1. The molecular formula is C12H21N3O. The summed E-state index contributed by atoms with van der Waals surface area (Å²) in [5, 5.41) is 0. The van der Waals surface area contributed by atoms with E-state index in [0.29, 0.717) is 19.1 Å². The summed E-state index contributed by atoms with van der Waals surface area (Å²) in [6, 6.07) is 0. The summed E-state index contributed by atoms with van der Waals surface area (Å²) in [7, 11) is 0. The van der Waals surface area contributed by atoms with Crippen LogP contribution in [-0.2, 0) is 4.74 Å². The van der Waals surface area contributed by atoms with Crippen molar-refractivity contribution in [2.24, 2.45) is 5.73 Å². The molecule has 1 rings (SSSR count). The fraction of sp³-hybridized carbons (Fsp3) is 0.667. The molecule has 0 aliphatic carbocycles. The first-order chi connectivity index (χ1) is 7.69. The lowest BCUT2D eigenvalue weighted by Gasteiger charge is -2.22. The third kappa shape index (κ3) is 3.54. The molecule has 0 fully saturated rings. The van der Waals surface area contributed by atoms with Gasteiger partial charge in [0.1, 0.15) is 5.82 Å².